The van der Waals surface area contributed by atoms with Crippen molar-refractivity contribution in [1.29, 1.82) is 0 Å². The number of carbonyl (C=O) groups excluding carboxylic acids is 1. The van der Waals surface area contributed by atoms with E-state index in [4.69, 9.17) is 4.74 Å². The minimum Gasteiger partial charge on any atom is -0.367 e. The van der Waals surface area contributed by atoms with Crippen LogP contribution >= 0.6 is 0 Å². The molecule has 2 saturated heterocycles. The topological polar surface area (TPSA) is 36.0 Å². The molecule has 2 heterocycles. The van der Waals surface area contributed by atoms with Gasteiger partial charge in [-0.15, -0.1) is 0 Å². The van der Waals surface area contributed by atoms with E-state index in [2.05, 4.69) is 16.8 Å². The number of hydrogen-bond donors (Lipinski definition) is 0. The van der Waals surface area contributed by atoms with Crippen LogP contribution in [0, 0.1) is 0 Å². The van der Waals surface area contributed by atoms with Gasteiger partial charge in [-0.2, -0.15) is 0 Å². The number of carbonyl (C=O) groups is 1. The third-order valence-electron chi connectivity index (χ3n) is 4.91. The van der Waals surface area contributed by atoms with Crippen LogP contribution in [-0.4, -0.2) is 79.6 Å². The van der Waals surface area contributed by atoms with Gasteiger partial charge < -0.3 is 14.5 Å². The number of likely N-dealkylation sites (N-methyl/N-ethyl adjacent to an activating group) is 1. The molecule has 1 atom stereocenters. The second-order valence-electron chi connectivity index (χ2n) is 6.60. The molecule has 0 spiro atoms. The van der Waals surface area contributed by atoms with Gasteiger partial charge in [-0.05, 0) is 19.0 Å². The molecular formula is C18H27N3O2. The highest BCUT2D eigenvalue weighted by molar-refractivity contribution is 5.77. The largest absolute Gasteiger partial charge is 0.367 e. The van der Waals surface area contributed by atoms with Gasteiger partial charge >= 0.3 is 0 Å². The molecule has 5 nitrogen and oxygen atoms in total. The molecule has 0 aliphatic carbocycles. The predicted molar refractivity (Wildman–Crippen MR) is 90.2 cm³/mol. The number of ether oxygens (including phenoxy) is 1. The minimum absolute atomic E-state index is 0.123. The van der Waals surface area contributed by atoms with Crippen LogP contribution in [0.25, 0.3) is 0 Å². The Balaban J connectivity index is 1.39. The lowest BCUT2D eigenvalue weighted by Gasteiger charge is -2.36. The van der Waals surface area contributed by atoms with Crippen LogP contribution in [0.1, 0.15) is 12.0 Å². The molecule has 3 rings (SSSR count). The van der Waals surface area contributed by atoms with Gasteiger partial charge in [-0.3, -0.25) is 9.69 Å². The zero-order valence-electron chi connectivity index (χ0n) is 14.0. The highest BCUT2D eigenvalue weighted by Crippen LogP contribution is 2.17. The summed E-state index contributed by atoms with van der Waals surface area (Å²) in [7, 11) is 2.17. The zero-order valence-corrected chi connectivity index (χ0v) is 14.0. The Labute approximate surface area is 138 Å². The van der Waals surface area contributed by atoms with Crippen LogP contribution in [0.5, 0.6) is 0 Å². The smallest absolute Gasteiger partial charge is 0.248 e. The van der Waals surface area contributed by atoms with Crippen LogP contribution in [0.2, 0.25) is 0 Å². The van der Waals surface area contributed by atoms with Crippen molar-refractivity contribution in [2.75, 3.05) is 52.9 Å². The van der Waals surface area contributed by atoms with Gasteiger partial charge in [0.2, 0.25) is 5.91 Å². The highest BCUT2D eigenvalue weighted by atomic mass is 16.5. The number of rotatable bonds is 5. The van der Waals surface area contributed by atoms with E-state index in [1.54, 1.807) is 0 Å². The maximum Gasteiger partial charge on any atom is 0.248 e. The summed E-state index contributed by atoms with van der Waals surface area (Å²) in [6.45, 7) is 6.91. The first-order valence-electron chi connectivity index (χ1n) is 8.54. The number of hydrogen-bond acceptors (Lipinski definition) is 4. The molecule has 0 bridgehead atoms. The lowest BCUT2D eigenvalue weighted by Crippen LogP contribution is -2.50. The number of amides is 1. The van der Waals surface area contributed by atoms with Crippen LogP contribution in [0.15, 0.2) is 30.3 Å². The molecule has 0 saturated carbocycles. The molecule has 1 aromatic carbocycles. The molecular weight excluding hydrogens is 290 g/mol. The van der Waals surface area contributed by atoms with E-state index in [0.717, 1.165) is 51.3 Å². The van der Waals surface area contributed by atoms with Crippen molar-refractivity contribution in [2.24, 2.45) is 0 Å². The van der Waals surface area contributed by atoms with Gasteiger partial charge in [0.1, 0.15) is 6.61 Å². The predicted octanol–water partition coefficient (Wildman–Crippen LogP) is 1.05. The second kappa shape index (κ2) is 7.90. The highest BCUT2D eigenvalue weighted by Gasteiger charge is 2.31. The van der Waals surface area contributed by atoms with E-state index < -0.39 is 0 Å². The Bertz CT molecular complexity index is 500. The first kappa shape index (κ1) is 16.4. The molecule has 0 aromatic heterocycles. The van der Waals surface area contributed by atoms with Gasteiger partial charge in [-0.25, -0.2) is 0 Å². The quantitative estimate of drug-likeness (QED) is 0.813. The fraction of sp³-hybridized carbons (Fsp3) is 0.611. The average Bonchev–Trinajstić information content (AvgIpc) is 3.06. The molecule has 2 aliphatic heterocycles. The fourth-order valence-corrected chi connectivity index (χ4v) is 3.38. The molecule has 2 aliphatic rings. The summed E-state index contributed by atoms with van der Waals surface area (Å²) in [5.41, 5.74) is 1.11. The molecule has 2 fully saturated rings. The fourth-order valence-electron chi connectivity index (χ4n) is 3.38. The van der Waals surface area contributed by atoms with Gasteiger partial charge in [0, 0.05) is 45.3 Å². The molecule has 0 unspecified atom stereocenters. The Morgan fingerprint density at radius 3 is 2.61 bits per heavy atom. The Hall–Kier alpha value is -1.43. The van der Waals surface area contributed by atoms with Crippen molar-refractivity contribution < 1.29 is 9.53 Å². The Kier molecular flexibility index (Phi) is 5.65. The normalized spacial score (nSPS) is 23.3. The summed E-state index contributed by atoms with van der Waals surface area (Å²) < 4.78 is 5.58. The van der Waals surface area contributed by atoms with Crippen molar-refractivity contribution in [3.8, 4) is 0 Å². The van der Waals surface area contributed by atoms with Crippen LogP contribution in [0.3, 0.4) is 0 Å². The maximum absolute atomic E-state index is 12.3. The van der Waals surface area contributed by atoms with Crippen molar-refractivity contribution in [3.05, 3.63) is 35.9 Å². The Morgan fingerprint density at radius 1 is 1.13 bits per heavy atom. The summed E-state index contributed by atoms with van der Waals surface area (Å²) in [6.07, 6.45) is 1.09. The molecule has 126 valence electrons. The summed E-state index contributed by atoms with van der Waals surface area (Å²) >= 11 is 0. The molecule has 1 amide bonds. The van der Waals surface area contributed by atoms with E-state index in [1.165, 1.54) is 0 Å². The van der Waals surface area contributed by atoms with Crippen molar-refractivity contribution in [1.82, 2.24) is 14.7 Å². The standard InChI is InChI=1S/C18H27N3O2/c1-19-9-11-20(12-10-19)17-7-8-21(13-17)18(22)15-23-14-16-5-3-2-4-6-16/h2-6,17H,7-15H2,1H3/t17-/m0/s1. The minimum atomic E-state index is 0.123. The summed E-state index contributed by atoms with van der Waals surface area (Å²) in [6, 6.07) is 10.5. The van der Waals surface area contributed by atoms with Crippen molar-refractivity contribution >= 4 is 5.91 Å². The maximum atomic E-state index is 12.3. The van der Waals surface area contributed by atoms with Gasteiger partial charge in [-0.1, -0.05) is 30.3 Å². The van der Waals surface area contributed by atoms with E-state index in [0.29, 0.717) is 12.6 Å². The second-order valence-corrected chi connectivity index (χ2v) is 6.60. The first-order chi connectivity index (χ1) is 11.2. The number of likely N-dealkylation sites (tertiary alicyclic amines) is 1. The molecule has 5 heteroatoms. The lowest BCUT2D eigenvalue weighted by molar-refractivity contribution is -0.135. The van der Waals surface area contributed by atoms with E-state index in [9.17, 15) is 4.79 Å². The monoisotopic (exact) mass is 317 g/mol. The number of benzene rings is 1. The van der Waals surface area contributed by atoms with E-state index in [-0.39, 0.29) is 12.5 Å². The van der Waals surface area contributed by atoms with E-state index >= 15 is 0 Å². The molecule has 0 radical (unpaired) electrons. The SMILES string of the molecule is CN1CCN([C@H]2CCN(C(=O)COCc3ccccc3)C2)CC1. The van der Waals surface area contributed by atoms with Crippen LogP contribution in [0.4, 0.5) is 0 Å². The molecule has 0 N–H and O–H groups in total. The van der Waals surface area contributed by atoms with E-state index in [1.807, 2.05) is 35.2 Å². The summed E-state index contributed by atoms with van der Waals surface area (Å²) in [5, 5.41) is 0. The summed E-state index contributed by atoms with van der Waals surface area (Å²) in [5.74, 6) is 0.123. The molecule has 23 heavy (non-hydrogen) atoms. The van der Waals surface area contributed by atoms with Gasteiger partial charge in [0.25, 0.3) is 0 Å². The summed E-state index contributed by atoms with van der Waals surface area (Å²) in [4.78, 5) is 19.2. The van der Waals surface area contributed by atoms with Gasteiger partial charge in [0.15, 0.2) is 0 Å². The first-order valence-corrected chi connectivity index (χ1v) is 8.54. The molecule has 1 aromatic rings. The van der Waals surface area contributed by atoms with Crippen molar-refractivity contribution in [3.63, 3.8) is 0 Å². The average molecular weight is 317 g/mol. The number of nitrogens with zero attached hydrogens (tertiary/aromatic N) is 3. The lowest BCUT2D eigenvalue weighted by atomic mass is 10.2. The number of piperazine rings is 1. The Morgan fingerprint density at radius 2 is 1.87 bits per heavy atom. The van der Waals surface area contributed by atoms with Crippen LogP contribution < -0.4 is 0 Å². The van der Waals surface area contributed by atoms with Crippen LogP contribution in [-0.2, 0) is 16.1 Å². The van der Waals surface area contributed by atoms with Gasteiger partial charge in [0.05, 0.1) is 6.61 Å². The zero-order chi connectivity index (χ0) is 16.1. The van der Waals surface area contributed by atoms with Crippen molar-refractivity contribution in [2.45, 2.75) is 19.1 Å². The third kappa shape index (κ3) is 4.53. The third-order valence-corrected chi connectivity index (χ3v) is 4.91.